The number of carbonyl (C=O) groups excluding carboxylic acids is 1. The van der Waals surface area contributed by atoms with Crippen LogP contribution in [0, 0.1) is 10.1 Å². The average Bonchev–Trinajstić information content (AvgIpc) is 2.79. The smallest absolute Gasteiger partial charge is 0.281 e. The Morgan fingerprint density at radius 3 is 2.03 bits per heavy atom. The quantitative estimate of drug-likeness (QED) is 0.358. The van der Waals surface area contributed by atoms with Crippen LogP contribution >= 0.6 is 0 Å². The lowest BCUT2D eigenvalue weighted by atomic mass is 9.85. The number of benzene rings is 3. The molecule has 0 radical (unpaired) electrons. The number of nitrogens with one attached hydrogen (secondary N) is 1. The number of nitrogens with zero attached hydrogens (tertiary/aromatic N) is 2. The Morgan fingerprint density at radius 1 is 0.933 bits per heavy atom. The number of para-hydroxylation sites is 1. The molecule has 7 nitrogen and oxygen atoms in total. The van der Waals surface area contributed by atoms with Crippen LogP contribution in [0.15, 0.2) is 96.1 Å². The van der Waals surface area contributed by atoms with E-state index in [1.165, 1.54) is 24.4 Å². The molecule has 0 unspecified atom stereocenters. The van der Waals surface area contributed by atoms with Gasteiger partial charge in [-0.05, 0) is 29.3 Å². The van der Waals surface area contributed by atoms with Crippen LogP contribution in [0.25, 0.3) is 6.08 Å². The van der Waals surface area contributed by atoms with Crippen LogP contribution < -0.4 is 5.43 Å². The van der Waals surface area contributed by atoms with E-state index in [-0.39, 0.29) is 5.69 Å². The molecule has 3 aromatic rings. The minimum absolute atomic E-state index is 0.0336. The van der Waals surface area contributed by atoms with Crippen molar-refractivity contribution < 1.29 is 14.8 Å². The van der Waals surface area contributed by atoms with E-state index in [0.717, 1.165) is 0 Å². The monoisotopic (exact) mass is 401 g/mol. The molecule has 7 heteroatoms. The van der Waals surface area contributed by atoms with Crippen LogP contribution in [-0.2, 0) is 10.4 Å². The highest BCUT2D eigenvalue weighted by Gasteiger charge is 2.39. The lowest BCUT2D eigenvalue weighted by Gasteiger charge is -2.26. The fourth-order valence-corrected chi connectivity index (χ4v) is 2.95. The maximum absolute atomic E-state index is 12.9. The lowest BCUT2D eigenvalue weighted by Crippen LogP contribution is -2.43. The van der Waals surface area contributed by atoms with E-state index in [2.05, 4.69) is 10.5 Å². The molecule has 0 aliphatic heterocycles. The minimum Gasteiger partial charge on any atom is -0.372 e. The van der Waals surface area contributed by atoms with Gasteiger partial charge in [-0.15, -0.1) is 0 Å². The van der Waals surface area contributed by atoms with E-state index in [9.17, 15) is 20.0 Å². The Bertz CT molecular complexity index is 1040. The second kappa shape index (κ2) is 9.40. The lowest BCUT2D eigenvalue weighted by molar-refractivity contribution is -0.385. The zero-order chi connectivity index (χ0) is 21.4. The van der Waals surface area contributed by atoms with Crippen molar-refractivity contribution in [3.8, 4) is 0 Å². The van der Waals surface area contributed by atoms with Crippen molar-refractivity contribution in [3.63, 3.8) is 0 Å². The topological polar surface area (TPSA) is 105 Å². The number of allylic oxidation sites excluding steroid dienone is 1. The van der Waals surface area contributed by atoms with E-state index < -0.39 is 16.4 Å². The molecular formula is C23H19N3O4. The second-order valence-corrected chi connectivity index (χ2v) is 6.34. The van der Waals surface area contributed by atoms with Crippen molar-refractivity contribution in [2.24, 2.45) is 5.10 Å². The standard InChI is InChI=1S/C23H19N3O4/c27-22(25-24-17-9-11-18-10-7-8-16-21(18)26(29)30)23(28,19-12-3-1-4-13-19)20-14-5-2-6-15-20/h1-17,28H,(H,25,27). The van der Waals surface area contributed by atoms with Gasteiger partial charge >= 0.3 is 0 Å². The van der Waals surface area contributed by atoms with Gasteiger partial charge in [-0.2, -0.15) is 5.10 Å². The summed E-state index contributed by atoms with van der Waals surface area (Å²) in [6.07, 6.45) is 4.26. The number of rotatable bonds is 7. The Balaban J connectivity index is 1.78. The molecule has 30 heavy (non-hydrogen) atoms. The first-order valence-electron chi connectivity index (χ1n) is 9.10. The van der Waals surface area contributed by atoms with E-state index in [0.29, 0.717) is 16.7 Å². The number of amides is 1. The SMILES string of the molecule is O=C(NN=CC=Cc1ccccc1[N+](=O)[O-])C(O)(c1ccccc1)c1ccccc1. The van der Waals surface area contributed by atoms with Gasteiger partial charge < -0.3 is 5.11 Å². The van der Waals surface area contributed by atoms with Crippen LogP contribution in [0.2, 0.25) is 0 Å². The first kappa shape index (κ1) is 20.6. The molecule has 0 saturated carbocycles. The highest BCUT2D eigenvalue weighted by molar-refractivity contribution is 5.91. The van der Waals surface area contributed by atoms with Gasteiger partial charge in [-0.3, -0.25) is 14.9 Å². The van der Waals surface area contributed by atoms with E-state index in [1.807, 2.05) is 0 Å². The number of hydrogen-bond donors (Lipinski definition) is 2. The number of aliphatic hydroxyl groups is 1. The van der Waals surface area contributed by atoms with Crippen LogP contribution in [0.1, 0.15) is 16.7 Å². The van der Waals surface area contributed by atoms with Crippen molar-refractivity contribution in [1.29, 1.82) is 0 Å². The molecule has 3 rings (SSSR count). The van der Waals surface area contributed by atoms with Crippen LogP contribution in [-0.4, -0.2) is 22.2 Å². The summed E-state index contributed by atoms with van der Waals surface area (Å²) in [7, 11) is 0. The van der Waals surface area contributed by atoms with Gasteiger partial charge in [0.15, 0.2) is 5.60 Å². The first-order valence-corrected chi connectivity index (χ1v) is 9.10. The largest absolute Gasteiger partial charge is 0.372 e. The summed E-state index contributed by atoms with van der Waals surface area (Å²) in [5, 5.41) is 26.1. The maximum Gasteiger partial charge on any atom is 0.281 e. The van der Waals surface area contributed by atoms with Gasteiger partial charge in [-0.1, -0.05) is 72.8 Å². The molecule has 0 heterocycles. The second-order valence-electron chi connectivity index (χ2n) is 6.34. The molecular weight excluding hydrogens is 382 g/mol. The van der Waals surface area contributed by atoms with Gasteiger partial charge in [0.2, 0.25) is 0 Å². The van der Waals surface area contributed by atoms with Crippen molar-refractivity contribution >= 4 is 23.9 Å². The molecule has 1 amide bonds. The first-order chi connectivity index (χ1) is 14.5. The molecule has 2 N–H and O–H groups in total. The predicted octanol–water partition coefficient (Wildman–Crippen LogP) is 3.65. The van der Waals surface area contributed by atoms with Gasteiger partial charge in [0.05, 0.1) is 10.5 Å². The summed E-state index contributed by atoms with van der Waals surface area (Å²) in [6.45, 7) is 0. The number of nitro benzene ring substituents is 1. The third-order valence-electron chi connectivity index (χ3n) is 4.45. The van der Waals surface area contributed by atoms with Gasteiger partial charge in [0.1, 0.15) is 0 Å². The Labute approximate surface area is 173 Å². The third kappa shape index (κ3) is 4.48. The number of nitro groups is 1. The Kier molecular flexibility index (Phi) is 6.46. The van der Waals surface area contributed by atoms with E-state index >= 15 is 0 Å². The highest BCUT2D eigenvalue weighted by Crippen LogP contribution is 2.29. The average molecular weight is 401 g/mol. The van der Waals surface area contributed by atoms with Gasteiger partial charge in [0, 0.05) is 12.3 Å². The van der Waals surface area contributed by atoms with E-state index in [1.54, 1.807) is 78.9 Å². The molecule has 0 atom stereocenters. The van der Waals surface area contributed by atoms with Gasteiger partial charge in [-0.25, -0.2) is 5.43 Å². The number of hydrazone groups is 1. The normalized spacial score (nSPS) is 11.6. The molecule has 150 valence electrons. The summed E-state index contributed by atoms with van der Waals surface area (Å²) in [5.41, 5.74) is 1.59. The minimum atomic E-state index is -1.93. The Morgan fingerprint density at radius 2 is 1.47 bits per heavy atom. The fraction of sp³-hybridized carbons (Fsp3) is 0.0435. The van der Waals surface area contributed by atoms with Crippen molar-refractivity contribution in [1.82, 2.24) is 5.43 Å². The van der Waals surface area contributed by atoms with Gasteiger partial charge in [0.25, 0.3) is 11.6 Å². The van der Waals surface area contributed by atoms with Crippen LogP contribution in [0.5, 0.6) is 0 Å². The zero-order valence-corrected chi connectivity index (χ0v) is 15.9. The van der Waals surface area contributed by atoms with E-state index in [4.69, 9.17) is 0 Å². The maximum atomic E-state index is 12.9. The molecule has 0 bridgehead atoms. The summed E-state index contributed by atoms with van der Waals surface area (Å²) in [6, 6.07) is 23.4. The molecule has 3 aromatic carbocycles. The molecule has 0 aliphatic carbocycles. The van der Waals surface area contributed by atoms with Crippen molar-refractivity contribution in [2.75, 3.05) is 0 Å². The third-order valence-corrected chi connectivity index (χ3v) is 4.45. The Hall–Kier alpha value is -4.10. The van der Waals surface area contributed by atoms with Crippen molar-refractivity contribution in [3.05, 3.63) is 118 Å². The predicted molar refractivity (Wildman–Crippen MR) is 115 cm³/mol. The summed E-state index contributed by atoms with van der Waals surface area (Å²) in [4.78, 5) is 23.4. The highest BCUT2D eigenvalue weighted by atomic mass is 16.6. The fourth-order valence-electron chi connectivity index (χ4n) is 2.95. The molecule has 0 fully saturated rings. The summed E-state index contributed by atoms with van der Waals surface area (Å²) in [5.74, 6) is -0.727. The molecule has 0 aromatic heterocycles. The zero-order valence-electron chi connectivity index (χ0n) is 15.9. The molecule has 0 saturated heterocycles. The van der Waals surface area contributed by atoms with Crippen LogP contribution in [0.4, 0.5) is 5.69 Å². The summed E-state index contributed by atoms with van der Waals surface area (Å²) >= 11 is 0. The van der Waals surface area contributed by atoms with Crippen molar-refractivity contribution in [2.45, 2.75) is 5.60 Å². The van der Waals surface area contributed by atoms with Crippen LogP contribution in [0.3, 0.4) is 0 Å². The number of hydrogen-bond acceptors (Lipinski definition) is 5. The summed E-state index contributed by atoms with van der Waals surface area (Å²) < 4.78 is 0. The molecule has 0 aliphatic rings. The molecule has 0 spiro atoms. The number of carbonyl (C=O) groups is 1.